The molecule has 1 fully saturated rings. The molecule has 1 aromatic carbocycles. The second-order valence-corrected chi connectivity index (χ2v) is 7.37. The van der Waals surface area contributed by atoms with Crippen LogP contribution in [0.5, 0.6) is 0 Å². The fraction of sp³-hybridized carbons (Fsp3) is 0.438. The first-order valence-corrected chi connectivity index (χ1v) is 8.90. The predicted octanol–water partition coefficient (Wildman–Crippen LogP) is 3.55. The molecule has 1 aliphatic heterocycles. The molecule has 0 N–H and O–H groups in total. The topological polar surface area (TPSA) is 61.8 Å². The van der Waals surface area contributed by atoms with E-state index in [1.807, 2.05) is 12.1 Å². The molecule has 0 aromatic heterocycles. The molecule has 0 atom stereocenters. The second-order valence-electron chi connectivity index (χ2n) is 5.10. The Morgan fingerprint density at radius 1 is 1.27 bits per heavy atom. The van der Waals surface area contributed by atoms with E-state index in [2.05, 4.69) is 6.08 Å². The molecule has 0 aliphatic carbocycles. The average molecular weight is 324 g/mol. The van der Waals surface area contributed by atoms with Gasteiger partial charge >= 0.3 is 7.60 Å². The number of carbonyl (C=O) groups is 1. The van der Waals surface area contributed by atoms with Crippen LogP contribution < -0.4 is 0 Å². The van der Waals surface area contributed by atoms with Crippen molar-refractivity contribution in [2.24, 2.45) is 0 Å². The van der Waals surface area contributed by atoms with Crippen LogP contribution in [-0.2, 0) is 18.3 Å². The molecule has 6 heteroatoms. The summed E-state index contributed by atoms with van der Waals surface area (Å²) in [5.41, 5.74) is 2.79. The third kappa shape index (κ3) is 4.62. The third-order valence-corrected chi connectivity index (χ3v) is 5.40. The van der Waals surface area contributed by atoms with Crippen LogP contribution in [0.4, 0.5) is 0 Å². The molecule has 0 spiro atoms. The lowest BCUT2D eigenvalue weighted by atomic mass is 10.0. The first-order valence-electron chi connectivity index (χ1n) is 7.17. The minimum atomic E-state index is -3.33. The molecule has 1 aromatic rings. The van der Waals surface area contributed by atoms with E-state index in [1.165, 1.54) is 19.8 Å². The van der Waals surface area contributed by atoms with Crippen LogP contribution in [0.2, 0.25) is 0 Å². The summed E-state index contributed by atoms with van der Waals surface area (Å²) in [6.07, 6.45) is 3.67. The summed E-state index contributed by atoms with van der Waals surface area (Å²) in [5.74, 6) is -0.251. The standard InChI is InChI=1S/C16H21O5P/c1-19-22(18,20-2)12-16(17)15-5-3-4-14(11-15)10-13-6-8-21-9-7-13/h3-5,10-11H,6-9,12H2,1-2H3. The Hall–Kier alpha value is -1.26. The Bertz CT molecular complexity index is 592. The molecule has 0 bridgehead atoms. The number of ketones is 1. The first-order chi connectivity index (χ1) is 10.6. The summed E-state index contributed by atoms with van der Waals surface area (Å²) >= 11 is 0. The Kier molecular flexibility index (Phi) is 6.09. The van der Waals surface area contributed by atoms with Crippen LogP contribution in [0.15, 0.2) is 29.8 Å². The van der Waals surface area contributed by atoms with Crippen molar-refractivity contribution >= 4 is 19.5 Å². The lowest BCUT2D eigenvalue weighted by Gasteiger charge is -2.15. The van der Waals surface area contributed by atoms with Crippen molar-refractivity contribution in [1.29, 1.82) is 0 Å². The lowest BCUT2D eigenvalue weighted by Crippen LogP contribution is -2.09. The summed E-state index contributed by atoms with van der Waals surface area (Å²) in [4.78, 5) is 12.2. The maximum atomic E-state index is 12.2. The van der Waals surface area contributed by atoms with E-state index >= 15 is 0 Å². The zero-order valence-electron chi connectivity index (χ0n) is 12.9. The summed E-state index contributed by atoms with van der Waals surface area (Å²) in [6.45, 7) is 1.49. The van der Waals surface area contributed by atoms with E-state index in [1.54, 1.807) is 12.1 Å². The van der Waals surface area contributed by atoms with Crippen LogP contribution in [0, 0.1) is 0 Å². The Balaban J connectivity index is 2.14. The van der Waals surface area contributed by atoms with Crippen LogP contribution in [0.3, 0.4) is 0 Å². The second kappa shape index (κ2) is 7.84. The zero-order valence-corrected chi connectivity index (χ0v) is 13.8. The van der Waals surface area contributed by atoms with Crippen LogP contribution >= 0.6 is 7.60 Å². The van der Waals surface area contributed by atoms with Gasteiger partial charge in [0.05, 0.1) is 13.2 Å². The van der Waals surface area contributed by atoms with Gasteiger partial charge in [-0.3, -0.25) is 9.36 Å². The van der Waals surface area contributed by atoms with Crippen molar-refractivity contribution in [3.8, 4) is 0 Å². The van der Waals surface area contributed by atoms with E-state index in [0.717, 1.165) is 31.6 Å². The van der Waals surface area contributed by atoms with Gasteiger partial charge in [0.2, 0.25) is 0 Å². The minimum Gasteiger partial charge on any atom is -0.381 e. The Labute approximate surface area is 130 Å². The summed E-state index contributed by atoms with van der Waals surface area (Å²) < 4.78 is 27.0. The van der Waals surface area contributed by atoms with Gasteiger partial charge in [0.15, 0.2) is 5.78 Å². The Morgan fingerprint density at radius 3 is 2.59 bits per heavy atom. The van der Waals surface area contributed by atoms with Crippen LogP contribution in [0.1, 0.15) is 28.8 Å². The molecule has 5 nitrogen and oxygen atoms in total. The van der Waals surface area contributed by atoms with Gasteiger partial charge in [-0.25, -0.2) is 0 Å². The molecule has 2 rings (SSSR count). The first kappa shape index (κ1) is 17.1. The highest BCUT2D eigenvalue weighted by atomic mass is 31.2. The lowest BCUT2D eigenvalue weighted by molar-refractivity contribution is 0.101. The maximum Gasteiger partial charge on any atom is 0.337 e. The number of hydrogen-bond acceptors (Lipinski definition) is 5. The molecule has 1 heterocycles. The van der Waals surface area contributed by atoms with Crippen molar-refractivity contribution in [3.05, 3.63) is 41.0 Å². The number of ether oxygens (including phenoxy) is 1. The molecule has 1 aliphatic rings. The molecular formula is C16H21O5P. The zero-order chi connectivity index (χ0) is 16.0. The number of benzene rings is 1. The molecule has 120 valence electrons. The van der Waals surface area contributed by atoms with E-state index < -0.39 is 7.60 Å². The fourth-order valence-corrected chi connectivity index (χ4v) is 3.23. The predicted molar refractivity (Wildman–Crippen MR) is 85.3 cm³/mol. The fourth-order valence-electron chi connectivity index (χ4n) is 2.29. The molecule has 1 saturated heterocycles. The third-order valence-electron chi connectivity index (χ3n) is 3.61. The van der Waals surface area contributed by atoms with Gasteiger partial charge in [-0.1, -0.05) is 29.8 Å². The largest absolute Gasteiger partial charge is 0.381 e. The highest BCUT2D eigenvalue weighted by Gasteiger charge is 2.26. The highest BCUT2D eigenvalue weighted by Crippen LogP contribution is 2.46. The van der Waals surface area contributed by atoms with Gasteiger partial charge < -0.3 is 13.8 Å². The summed E-state index contributed by atoms with van der Waals surface area (Å²) in [5, 5.41) is 0. The van der Waals surface area contributed by atoms with Gasteiger partial charge in [-0.15, -0.1) is 0 Å². The minimum absolute atomic E-state index is 0.251. The monoisotopic (exact) mass is 324 g/mol. The number of rotatable bonds is 6. The summed E-state index contributed by atoms with van der Waals surface area (Å²) in [7, 11) is -0.772. The molecule has 0 radical (unpaired) electrons. The molecule has 0 unspecified atom stereocenters. The molecule has 22 heavy (non-hydrogen) atoms. The van der Waals surface area contributed by atoms with Crippen molar-refractivity contribution in [2.75, 3.05) is 33.6 Å². The van der Waals surface area contributed by atoms with E-state index in [0.29, 0.717) is 5.56 Å². The average Bonchev–Trinajstić information content (AvgIpc) is 2.56. The number of carbonyl (C=O) groups excluding carboxylic acids is 1. The smallest absolute Gasteiger partial charge is 0.337 e. The van der Waals surface area contributed by atoms with Crippen molar-refractivity contribution in [3.63, 3.8) is 0 Å². The van der Waals surface area contributed by atoms with Crippen molar-refractivity contribution < 1.29 is 23.1 Å². The molecule has 0 saturated carbocycles. The number of hydrogen-bond donors (Lipinski definition) is 0. The Morgan fingerprint density at radius 2 is 1.95 bits per heavy atom. The summed E-state index contributed by atoms with van der Waals surface area (Å²) in [6, 6.07) is 7.29. The molecule has 0 amide bonds. The van der Waals surface area contributed by atoms with Gasteiger partial charge in [0.25, 0.3) is 0 Å². The molecular weight excluding hydrogens is 303 g/mol. The van der Waals surface area contributed by atoms with E-state index in [4.69, 9.17) is 13.8 Å². The van der Waals surface area contributed by atoms with Crippen LogP contribution in [-0.4, -0.2) is 39.4 Å². The van der Waals surface area contributed by atoms with Gasteiger partial charge in [-0.2, -0.15) is 0 Å². The highest BCUT2D eigenvalue weighted by molar-refractivity contribution is 7.54. The van der Waals surface area contributed by atoms with Crippen LogP contribution in [0.25, 0.3) is 6.08 Å². The normalized spacial score (nSPS) is 15.6. The van der Waals surface area contributed by atoms with Crippen molar-refractivity contribution in [1.82, 2.24) is 0 Å². The van der Waals surface area contributed by atoms with Gasteiger partial charge in [-0.05, 0) is 24.5 Å². The quantitative estimate of drug-likeness (QED) is 0.591. The van der Waals surface area contributed by atoms with Crippen molar-refractivity contribution in [2.45, 2.75) is 12.8 Å². The maximum absolute atomic E-state index is 12.2. The number of Topliss-reactive ketones (excluding diaryl/α,β-unsaturated/α-hetero) is 1. The SMILES string of the molecule is COP(=O)(CC(=O)c1cccc(C=C2CCOCC2)c1)OC. The van der Waals surface area contributed by atoms with E-state index in [9.17, 15) is 9.36 Å². The van der Waals surface area contributed by atoms with E-state index in [-0.39, 0.29) is 11.9 Å². The van der Waals surface area contributed by atoms with Gasteiger partial charge in [0.1, 0.15) is 6.16 Å². The van der Waals surface area contributed by atoms with Gasteiger partial charge in [0, 0.05) is 19.8 Å².